The van der Waals surface area contributed by atoms with Crippen LogP contribution in [-0.4, -0.2) is 41.4 Å². The predicted octanol–water partition coefficient (Wildman–Crippen LogP) is 4.12. The molecular weight excluding hydrogens is 602 g/mol. The Kier molecular flexibility index (Phi) is 9.00. The van der Waals surface area contributed by atoms with E-state index < -0.39 is 22.5 Å². The van der Waals surface area contributed by atoms with Gasteiger partial charge < -0.3 is 24.1 Å². The molecule has 1 N–H and O–H groups in total. The normalized spacial score (nSPS) is 14.4. The maximum Gasteiger partial charge on any atom is 0.338 e. The van der Waals surface area contributed by atoms with E-state index in [1.807, 2.05) is 30.3 Å². The largest absolute Gasteiger partial charge is 0.504 e. The Morgan fingerprint density at radius 2 is 1.82 bits per heavy atom. The first kappa shape index (κ1) is 31.0. The van der Waals surface area contributed by atoms with Crippen LogP contribution < -0.4 is 29.1 Å². The molecule has 1 aromatic heterocycles. The van der Waals surface area contributed by atoms with Crippen molar-refractivity contribution in [1.82, 2.24) is 4.57 Å². The van der Waals surface area contributed by atoms with Gasteiger partial charge in [-0.1, -0.05) is 47.7 Å². The maximum atomic E-state index is 13.6. The van der Waals surface area contributed by atoms with Gasteiger partial charge in [0.15, 0.2) is 27.8 Å². The zero-order valence-corrected chi connectivity index (χ0v) is 25.6. The molecule has 45 heavy (non-hydrogen) atoms. The summed E-state index contributed by atoms with van der Waals surface area (Å²) in [6, 6.07) is 15.4. The average Bonchev–Trinajstić information content (AvgIpc) is 3.35. The summed E-state index contributed by atoms with van der Waals surface area (Å²) in [5, 5.41) is 22.4. The highest BCUT2D eigenvalue weighted by Crippen LogP contribution is 2.43. The number of esters is 1. The SMILES string of the molecule is CCOC(=O)C1=C(C)n2c(s/c(=C\c3ccc(O)c(OC)c3)c2=O)=N[C@@H]1c1cc(OC)c(OCc2ccccc2)cc1[N+](=O)[O-]. The highest BCUT2D eigenvalue weighted by molar-refractivity contribution is 7.07. The Morgan fingerprint density at radius 3 is 2.49 bits per heavy atom. The van der Waals surface area contributed by atoms with Gasteiger partial charge in [0.2, 0.25) is 0 Å². The summed E-state index contributed by atoms with van der Waals surface area (Å²) >= 11 is 1.05. The second-order valence-electron chi connectivity index (χ2n) is 9.81. The van der Waals surface area contributed by atoms with Crippen LogP contribution in [0, 0.1) is 10.1 Å². The van der Waals surface area contributed by atoms with E-state index in [0.29, 0.717) is 5.56 Å². The minimum absolute atomic E-state index is 0.0230. The summed E-state index contributed by atoms with van der Waals surface area (Å²) in [5.41, 5.74) is 0.905. The number of rotatable bonds is 10. The number of benzene rings is 3. The number of aromatic nitrogens is 1. The molecule has 0 amide bonds. The van der Waals surface area contributed by atoms with Crippen LogP contribution in [0.25, 0.3) is 11.8 Å². The highest BCUT2D eigenvalue weighted by Gasteiger charge is 2.36. The van der Waals surface area contributed by atoms with Crippen molar-refractivity contribution in [1.29, 1.82) is 0 Å². The molecule has 2 heterocycles. The molecule has 4 aromatic rings. The number of carbonyl (C=O) groups excluding carboxylic acids is 1. The zero-order valence-electron chi connectivity index (χ0n) is 24.8. The van der Waals surface area contributed by atoms with Gasteiger partial charge in [-0.15, -0.1) is 0 Å². The number of nitrogens with zero attached hydrogens (tertiary/aromatic N) is 3. The molecule has 0 saturated heterocycles. The smallest absolute Gasteiger partial charge is 0.338 e. The number of nitro benzene ring substituents is 1. The minimum atomic E-state index is -1.19. The Bertz CT molecular complexity index is 2000. The van der Waals surface area contributed by atoms with Gasteiger partial charge in [0.25, 0.3) is 11.2 Å². The predicted molar refractivity (Wildman–Crippen MR) is 166 cm³/mol. The number of allylic oxidation sites excluding steroid dienone is 1. The fourth-order valence-electron chi connectivity index (χ4n) is 4.93. The third-order valence-corrected chi connectivity index (χ3v) is 8.07. The first-order chi connectivity index (χ1) is 21.7. The van der Waals surface area contributed by atoms with Crippen LogP contribution in [0.4, 0.5) is 5.69 Å². The second-order valence-corrected chi connectivity index (χ2v) is 10.8. The van der Waals surface area contributed by atoms with E-state index in [1.54, 1.807) is 32.1 Å². The van der Waals surface area contributed by atoms with Crippen molar-refractivity contribution in [2.75, 3.05) is 20.8 Å². The topological polar surface area (TPSA) is 152 Å². The number of thiazole rings is 1. The van der Waals surface area contributed by atoms with E-state index in [0.717, 1.165) is 16.9 Å². The number of ether oxygens (including phenoxy) is 4. The molecule has 0 radical (unpaired) electrons. The van der Waals surface area contributed by atoms with Crippen LogP contribution in [0.3, 0.4) is 0 Å². The van der Waals surface area contributed by atoms with Crippen molar-refractivity contribution < 1.29 is 33.8 Å². The van der Waals surface area contributed by atoms with Crippen LogP contribution in [0.5, 0.6) is 23.0 Å². The standard InChI is InChI=1S/C32H29N3O9S/c1-5-43-31(38)28-18(2)34-30(37)27(14-20-11-12-23(36)24(13-20)41-3)45-32(34)33-29(28)21-15-25(42-4)26(16-22(21)35(39)40)44-17-19-9-7-6-8-10-19/h6-16,29,36H,5,17H2,1-4H3/b27-14-/t29-/m1/s1. The molecule has 3 aromatic carbocycles. The Hall–Kier alpha value is -5.43. The molecular formula is C32H29N3O9S. The van der Waals surface area contributed by atoms with Crippen LogP contribution >= 0.6 is 11.3 Å². The molecule has 232 valence electrons. The number of phenols is 1. The fourth-order valence-corrected chi connectivity index (χ4v) is 5.97. The van der Waals surface area contributed by atoms with Gasteiger partial charge in [-0.3, -0.25) is 19.5 Å². The highest BCUT2D eigenvalue weighted by atomic mass is 32.1. The third kappa shape index (κ3) is 6.15. The van der Waals surface area contributed by atoms with E-state index >= 15 is 0 Å². The summed E-state index contributed by atoms with van der Waals surface area (Å²) in [6.45, 7) is 3.38. The van der Waals surface area contributed by atoms with E-state index in [-0.39, 0.29) is 68.1 Å². The van der Waals surface area contributed by atoms with Gasteiger partial charge in [0.1, 0.15) is 12.6 Å². The van der Waals surface area contributed by atoms with E-state index in [2.05, 4.69) is 0 Å². The van der Waals surface area contributed by atoms with Gasteiger partial charge in [0, 0.05) is 5.70 Å². The molecule has 0 unspecified atom stereocenters. The van der Waals surface area contributed by atoms with Crippen LogP contribution in [-0.2, 0) is 16.1 Å². The first-order valence-corrected chi connectivity index (χ1v) is 14.6. The number of hydrogen-bond acceptors (Lipinski definition) is 11. The first-order valence-electron chi connectivity index (χ1n) is 13.8. The molecule has 0 saturated carbocycles. The van der Waals surface area contributed by atoms with Crippen molar-refractivity contribution in [3.05, 3.63) is 113 Å². The molecule has 0 aliphatic carbocycles. The van der Waals surface area contributed by atoms with Crippen molar-refractivity contribution in [2.24, 2.45) is 4.99 Å². The fraction of sp³-hybridized carbons (Fsp3) is 0.219. The molecule has 0 spiro atoms. The van der Waals surface area contributed by atoms with Gasteiger partial charge in [0.05, 0.1) is 47.5 Å². The van der Waals surface area contributed by atoms with Crippen molar-refractivity contribution in [3.8, 4) is 23.0 Å². The van der Waals surface area contributed by atoms with Crippen molar-refractivity contribution >= 4 is 34.8 Å². The van der Waals surface area contributed by atoms with E-state index in [1.165, 1.54) is 37.0 Å². The van der Waals surface area contributed by atoms with E-state index in [4.69, 9.17) is 23.9 Å². The molecule has 1 aliphatic rings. The number of carbonyl (C=O) groups is 1. The summed E-state index contributed by atoms with van der Waals surface area (Å²) < 4.78 is 23.5. The van der Waals surface area contributed by atoms with Gasteiger partial charge in [-0.05, 0) is 49.2 Å². The lowest BCUT2D eigenvalue weighted by Crippen LogP contribution is -2.35. The number of nitro groups is 1. The minimum Gasteiger partial charge on any atom is -0.504 e. The summed E-state index contributed by atoms with van der Waals surface area (Å²) in [4.78, 5) is 43.7. The average molecular weight is 632 g/mol. The monoisotopic (exact) mass is 631 g/mol. The summed E-state index contributed by atoms with van der Waals surface area (Å²) in [5.74, 6) is -0.250. The lowest BCUT2D eigenvalue weighted by atomic mass is 9.94. The summed E-state index contributed by atoms with van der Waals surface area (Å²) in [7, 11) is 2.82. The summed E-state index contributed by atoms with van der Waals surface area (Å²) in [6.07, 6.45) is 1.60. The van der Waals surface area contributed by atoms with E-state index in [9.17, 15) is 24.8 Å². The molecule has 1 aliphatic heterocycles. The number of hydrogen-bond donors (Lipinski definition) is 1. The molecule has 12 nitrogen and oxygen atoms in total. The maximum absolute atomic E-state index is 13.6. The number of fused-ring (bicyclic) bond motifs is 1. The number of aromatic hydroxyl groups is 1. The van der Waals surface area contributed by atoms with Gasteiger partial charge in [-0.25, -0.2) is 9.79 Å². The number of phenolic OH excluding ortho intramolecular Hbond substituents is 1. The Balaban J connectivity index is 1.69. The van der Waals surface area contributed by atoms with Crippen LogP contribution in [0.2, 0.25) is 0 Å². The zero-order chi connectivity index (χ0) is 32.2. The lowest BCUT2D eigenvalue weighted by molar-refractivity contribution is -0.385. The molecule has 0 bridgehead atoms. The lowest BCUT2D eigenvalue weighted by Gasteiger charge is -2.23. The quantitative estimate of drug-likeness (QED) is 0.155. The Labute approximate surface area is 260 Å². The molecule has 5 rings (SSSR count). The molecule has 0 fully saturated rings. The van der Waals surface area contributed by atoms with Crippen LogP contribution in [0.1, 0.15) is 36.6 Å². The van der Waals surface area contributed by atoms with Gasteiger partial charge in [-0.2, -0.15) is 0 Å². The van der Waals surface area contributed by atoms with Crippen molar-refractivity contribution in [2.45, 2.75) is 26.5 Å². The Morgan fingerprint density at radius 1 is 1.09 bits per heavy atom. The third-order valence-electron chi connectivity index (χ3n) is 7.08. The number of methoxy groups -OCH3 is 2. The van der Waals surface area contributed by atoms with Gasteiger partial charge >= 0.3 is 5.97 Å². The second kappa shape index (κ2) is 13.1. The van der Waals surface area contributed by atoms with Crippen LogP contribution in [0.15, 0.2) is 76.0 Å². The molecule has 1 atom stereocenters. The molecule has 13 heteroatoms. The van der Waals surface area contributed by atoms with Crippen molar-refractivity contribution in [3.63, 3.8) is 0 Å².